The van der Waals surface area contributed by atoms with Crippen LogP contribution < -0.4 is 11.1 Å². The molecular weight excluding hydrogens is 208 g/mol. The normalized spacial score (nSPS) is 16.2. The van der Waals surface area contributed by atoms with Crippen LogP contribution in [0.1, 0.15) is 40.0 Å². The topological polar surface area (TPSA) is 92.4 Å². The van der Waals surface area contributed by atoms with Crippen LogP contribution >= 0.6 is 0 Å². The second kappa shape index (κ2) is 7.22. The van der Waals surface area contributed by atoms with Crippen LogP contribution in [0.25, 0.3) is 0 Å². The molecule has 5 heteroatoms. The molecule has 0 aliphatic rings. The molecule has 0 saturated heterocycles. The first kappa shape index (κ1) is 14.9. The minimum atomic E-state index is -0.904. The summed E-state index contributed by atoms with van der Waals surface area (Å²) in [6, 6.07) is -0.931. The van der Waals surface area contributed by atoms with Crippen molar-refractivity contribution in [2.75, 3.05) is 0 Å². The number of hydrogen-bond acceptors (Lipinski definition) is 3. The molecule has 0 radical (unpaired) electrons. The van der Waals surface area contributed by atoms with Gasteiger partial charge in [-0.05, 0) is 19.3 Å². The molecule has 0 aliphatic carbocycles. The summed E-state index contributed by atoms with van der Waals surface area (Å²) in [5, 5.41) is 11.4. The third-order valence-corrected chi connectivity index (χ3v) is 2.56. The molecular formula is C11H22N2O3. The highest BCUT2D eigenvalue weighted by molar-refractivity contribution is 5.81. The maximum Gasteiger partial charge on any atom is 0.305 e. The predicted molar refractivity (Wildman–Crippen MR) is 61.9 cm³/mol. The van der Waals surface area contributed by atoms with Gasteiger partial charge in [-0.3, -0.25) is 9.59 Å². The highest BCUT2D eigenvalue weighted by Gasteiger charge is 2.19. The number of aliphatic carboxylic acids is 1. The Balaban J connectivity index is 4.31. The third kappa shape index (κ3) is 6.40. The second-order valence-electron chi connectivity index (χ2n) is 4.34. The van der Waals surface area contributed by atoms with Crippen molar-refractivity contribution in [3.05, 3.63) is 0 Å². The molecule has 0 aromatic heterocycles. The standard InChI is InChI=1S/C11H22N2O3/c1-4-7(2)5-9(6-10(14)15)13-11(16)8(3)12/h7-9H,4-6,12H2,1-3H3,(H,13,16)(H,14,15)/t7?,8-,9?/m0/s1. The number of carboxylic acid groups (broad SMARTS) is 1. The molecule has 0 aromatic carbocycles. The molecule has 0 rings (SSSR count). The zero-order valence-electron chi connectivity index (χ0n) is 10.2. The largest absolute Gasteiger partial charge is 0.481 e. The van der Waals surface area contributed by atoms with E-state index in [1.165, 1.54) is 0 Å². The Kier molecular flexibility index (Phi) is 6.72. The van der Waals surface area contributed by atoms with Crippen molar-refractivity contribution >= 4 is 11.9 Å². The van der Waals surface area contributed by atoms with Gasteiger partial charge in [0.15, 0.2) is 0 Å². The highest BCUT2D eigenvalue weighted by atomic mass is 16.4. The molecule has 16 heavy (non-hydrogen) atoms. The van der Waals surface area contributed by atoms with Crippen LogP contribution in [0.15, 0.2) is 0 Å². The number of nitrogens with two attached hydrogens (primary N) is 1. The molecule has 2 unspecified atom stereocenters. The van der Waals surface area contributed by atoms with Gasteiger partial charge in [-0.15, -0.1) is 0 Å². The lowest BCUT2D eigenvalue weighted by Gasteiger charge is -2.21. The molecule has 0 bridgehead atoms. The van der Waals surface area contributed by atoms with Crippen LogP contribution in [-0.2, 0) is 9.59 Å². The Bertz CT molecular complexity index is 241. The summed E-state index contributed by atoms with van der Waals surface area (Å²) in [4.78, 5) is 22.0. The Morgan fingerprint density at radius 1 is 1.38 bits per heavy atom. The van der Waals surface area contributed by atoms with E-state index < -0.39 is 12.0 Å². The van der Waals surface area contributed by atoms with E-state index in [9.17, 15) is 9.59 Å². The minimum Gasteiger partial charge on any atom is -0.481 e. The first-order chi connectivity index (χ1) is 7.36. The lowest BCUT2D eigenvalue weighted by atomic mass is 9.97. The van der Waals surface area contributed by atoms with Crippen LogP contribution in [0.3, 0.4) is 0 Å². The van der Waals surface area contributed by atoms with Gasteiger partial charge in [-0.25, -0.2) is 0 Å². The molecule has 0 aliphatic heterocycles. The quantitative estimate of drug-likeness (QED) is 0.601. The number of carbonyl (C=O) groups excluding carboxylic acids is 1. The van der Waals surface area contributed by atoms with E-state index in [0.29, 0.717) is 12.3 Å². The summed E-state index contributed by atoms with van der Waals surface area (Å²) >= 11 is 0. The number of carbonyl (C=O) groups is 2. The van der Waals surface area contributed by atoms with Gasteiger partial charge in [-0.1, -0.05) is 20.3 Å². The van der Waals surface area contributed by atoms with Gasteiger partial charge in [0.2, 0.25) is 5.91 Å². The molecule has 1 amide bonds. The fourth-order valence-corrected chi connectivity index (χ4v) is 1.39. The first-order valence-electron chi connectivity index (χ1n) is 5.64. The fraction of sp³-hybridized carbons (Fsp3) is 0.818. The van der Waals surface area contributed by atoms with Gasteiger partial charge in [0.1, 0.15) is 0 Å². The molecule has 0 heterocycles. The van der Waals surface area contributed by atoms with Crippen LogP contribution in [0.5, 0.6) is 0 Å². The molecule has 0 fully saturated rings. The lowest BCUT2D eigenvalue weighted by Crippen LogP contribution is -2.45. The molecule has 0 spiro atoms. The summed E-state index contributed by atoms with van der Waals surface area (Å²) in [6.07, 6.45) is 1.58. The number of nitrogens with one attached hydrogen (secondary N) is 1. The predicted octanol–water partition coefficient (Wildman–Crippen LogP) is 0.729. The van der Waals surface area contributed by atoms with E-state index >= 15 is 0 Å². The highest BCUT2D eigenvalue weighted by Crippen LogP contribution is 2.12. The summed E-state index contributed by atoms with van der Waals surface area (Å²) in [5.41, 5.74) is 5.42. The van der Waals surface area contributed by atoms with Crippen molar-refractivity contribution in [2.45, 2.75) is 52.1 Å². The molecule has 94 valence electrons. The zero-order valence-corrected chi connectivity index (χ0v) is 10.2. The molecule has 3 atom stereocenters. The van der Waals surface area contributed by atoms with Gasteiger partial charge in [0, 0.05) is 6.04 Å². The van der Waals surface area contributed by atoms with Gasteiger partial charge >= 0.3 is 5.97 Å². The molecule has 0 aromatic rings. The monoisotopic (exact) mass is 230 g/mol. The van der Waals surface area contributed by atoms with Crippen LogP contribution in [0, 0.1) is 5.92 Å². The Morgan fingerprint density at radius 2 is 1.94 bits per heavy atom. The van der Waals surface area contributed by atoms with Gasteiger partial charge in [-0.2, -0.15) is 0 Å². The van der Waals surface area contributed by atoms with Gasteiger partial charge < -0.3 is 16.2 Å². The third-order valence-electron chi connectivity index (χ3n) is 2.56. The van der Waals surface area contributed by atoms with E-state index in [2.05, 4.69) is 5.32 Å². The Labute approximate surface area is 96.4 Å². The minimum absolute atomic E-state index is 0.0528. The van der Waals surface area contributed by atoms with E-state index in [1.54, 1.807) is 6.92 Å². The summed E-state index contributed by atoms with van der Waals surface area (Å²) in [6.45, 7) is 5.65. The van der Waals surface area contributed by atoms with Crippen molar-refractivity contribution in [3.63, 3.8) is 0 Å². The van der Waals surface area contributed by atoms with Gasteiger partial charge in [0.25, 0.3) is 0 Å². The van der Waals surface area contributed by atoms with E-state index in [-0.39, 0.29) is 18.4 Å². The maximum absolute atomic E-state index is 11.4. The Hall–Kier alpha value is -1.10. The molecule has 5 nitrogen and oxygen atoms in total. The summed E-state index contributed by atoms with van der Waals surface area (Å²) in [7, 11) is 0. The van der Waals surface area contributed by atoms with Crippen molar-refractivity contribution in [1.82, 2.24) is 5.32 Å². The fourth-order valence-electron chi connectivity index (χ4n) is 1.39. The number of rotatable bonds is 7. The first-order valence-corrected chi connectivity index (χ1v) is 5.64. The smallest absolute Gasteiger partial charge is 0.305 e. The van der Waals surface area contributed by atoms with E-state index in [0.717, 1.165) is 6.42 Å². The second-order valence-corrected chi connectivity index (χ2v) is 4.34. The maximum atomic E-state index is 11.4. The van der Waals surface area contributed by atoms with Crippen molar-refractivity contribution in [2.24, 2.45) is 11.7 Å². The number of hydrogen-bond donors (Lipinski definition) is 3. The molecule has 0 saturated carbocycles. The number of amides is 1. The summed E-state index contributed by atoms with van der Waals surface area (Å²) < 4.78 is 0. The van der Waals surface area contributed by atoms with Crippen molar-refractivity contribution < 1.29 is 14.7 Å². The van der Waals surface area contributed by atoms with E-state index in [4.69, 9.17) is 10.8 Å². The van der Waals surface area contributed by atoms with Crippen molar-refractivity contribution in [3.8, 4) is 0 Å². The SMILES string of the molecule is CCC(C)CC(CC(=O)O)NC(=O)[C@H](C)N. The summed E-state index contributed by atoms with van der Waals surface area (Å²) in [5.74, 6) is -0.814. The van der Waals surface area contributed by atoms with Crippen LogP contribution in [0.4, 0.5) is 0 Å². The van der Waals surface area contributed by atoms with Crippen LogP contribution in [0.2, 0.25) is 0 Å². The lowest BCUT2D eigenvalue weighted by molar-refractivity contribution is -0.137. The van der Waals surface area contributed by atoms with E-state index in [1.807, 2.05) is 13.8 Å². The molecule has 4 N–H and O–H groups in total. The van der Waals surface area contributed by atoms with Crippen molar-refractivity contribution in [1.29, 1.82) is 0 Å². The zero-order chi connectivity index (χ0) is 12.7. The average Bonchev–Trinajstić information content (AvgIpc) is 2.16. The Morgan fingerprint density at radius 3 is 2.31 bits per heavy atom. The van der Waals surface area contributed by atoms with Crippen LogP contribution in [-0.4, -0.2) is 29.1 Å². The average molecular weight is 230 g/mol. The number of carboxylic acids is 1. The van der Waals surface area contributed by atoms with Gasteiger partial charge in [0.05, 0.1) is 12.5 Å².